The van der Waals surface area contributed by atoms with Gasteiger partial charge in [-0.15, -0.1) is 11.8 Å². The van der Waals surface area contributed by atoms with Crippen LogP contribution in [0.3, 0.4) is 0 Å². The highest BCUT2D eigenvalue weighted by molar-refractivity contribution is 7.98. The number of hydrogen-bond donors (Lipinski definition) is 1. The number of amides is 1. The van der Waals surface area contributed by atoms with Crippen molar-refractivity contribution in [2.45, 2.75) is 29.2 Å². The van der Waals surface area contributed by atoms with Gasteiger partial charge in [0.2, 0.25) is 0 Å². The molecule has 0 aliphatic carbocycles. The van der Waals surface area contributed by atoms with Gasteiger partial charge in [0.15, 0.2) is 0 Å². The van der Waals surface area contributed by atoms with Crippen LogP contribution in [0.2, 0.25) is 0 Å². The molecule has 0 saturated heterocycles. The van der Waals surface area contributed by atoms with Crippen LogP contribution in [0.15, 0.2) is 82.6 Å². The first-order valence-corrected chi connectivity index (χ1v) is 12.2. The van der Waals surface area contributed by atoms with E-state index in [0.717, 1.165) is 16.1 Å². The lowest BCUT2D eigenvalue weighted by atomic mass is 10.1. The van der Waals surface area contributed by atoms with E-state index in [-0.39, 0.29) is 16.8 Å². The summed E-state index contributed by atoms with van der Waals surface area (Å²) < 4.78 is 27.8. The van der Waals surface area contributed by atoms with Gasteiger partial charge in [-0.3, -0.25) is 9.10 Å². The van der Waals surface area contributed by atoms with Gasteiger partial charge in [-0.05, 0) is 73.7 Å². The Hall–Kier alpha value is -2.77. The van der Waals surface area contributed by atoms with Crippen LogP contribution >= 0.6 is 11.8 Å². The fraction of sp³-hybridized carbons (Fsp3) is 0.174. The molecule has 0 bridgehead atoms. The molecule has 4 rings (SSSR count). The fourth-order valence-corrected chi connectivity index (χ4v) is 5.89. The lowest BCUT2D eigenvalue weighted by molar-refractivity contribution is 0.102. The Morgan fingerprint density at radius 2 is 1.80 bits per heavy atom. The van der Waals surface area contributed by atoms with Crippen LogP contribution in [0, 0.1) is 0 Å². The first-order chi connectivity index (χ1) is 14.4. The molecule has 1 atom stereocenters. The molecule has 1 aliphatic heterocycles. The summed E-state index contributed by atoms with van der Waals surface area (Å²) in [6.45, 7) is 1.88. The van der Waals surface area contributed by atoms with Gasteiger partial charge >= 0.3 is 0 Å². The number of nitrogens with zero attached hydrogens (tertiary/aromatic N) is 1. The van der Waals surface area contributed by atoms with E-state index in [2.05, 4.69) is 5.32 Å². The Bertz CT molecular complexity index is 1190. The number of hydrogen-bond acceptors (Lipinski definition) is 4. The molecule has 7 heteroatoms. The number of sulfonamides is 1. The second kappa shape index (κ2) is 8.16. The van der Waals surface area contributed by atoms with E-state index in [1.165, 1.54) is 4.31 Å². The van der Waals surface area contributed by atoms with Crippen LogP contribution in [0.1, 0.15) is 22.8 Å². The molecular formula is C23H22N2O3S2. The molecule has 0 spiro atoms. The van der Waals surface area contributed by atoms with Crippen LogP contribution in [0.5, 0.6) is 0 Å². The molecule has 1 heterocycles. The molecule has 1 aliphatic rings. The number of anilines is 2. The minimum atomic E-state index is -3.66. The largest absolute Gasteiger partial charge is 0.322 e. The van der Waals surface area contributed by atoms with E-state index in [9.17, 15) is 13.2 Å². The number of carbonyl (C=O) groups excluding carboxylic acids is 1. The molecular weight excluding hydrogens is 416 g/mol. The lowest BCUT2D eigenvalue weighted by Gasteiger charge is -2.24. The molecule has 0 unspecified atom stereocenters. The monoisotopic (exact) mass is 438 g/mol. The van der Waals surface area contributed by atoms with E-state index < -0.39 is 10.0 Å². The number of benzene rings is 3. The van der Waals surface area contributed by atoms with Crippen molar-refractivity contribution in [2.24, 2.45) is 0 Å². The summed E-state index contributed by atoms with van der Waals surface area (Å²) >= 11 is 1.61. The van der Waals surface area contributed by atoms with E-state index in [4.69, 9.17) is 0 Å². The first kappa shape index (κ1) is 20.5. The maximum absolute atomic E-state index is 13.2. The third-order valence-corrected chi connectivity index (χ3v) is 7.79. The second-order valence-corrected chi connectivity index (χ2v) is 9.89. The van der Waals surface area contributed by atoms with Crippen LogP contribution in [0.4, 0.5) is 11.4 Å². The van der Waals surface area contributed by atoms with Gasteiger partial charge in [0, 0.05) is 22.2 Å². The molecule has 154 valence electrons. The summed E-state index contributed by atoms with van der Waals surface area (Å²) in [5.41, 5.74) is 2.73. The molecule has 5 nitrogen and oxygen atoms in total. The van der Waals surface area contributed by atoms with Gasteiger partial charge in [0.25, 0.3) is 15.9 Å². The predicted molar refractivity (Wildman–Crippen MR) is 122 cm³/mol. The van der Waals surface area contributed by atoms with Crippen LogP contribution in [-0.4, -0.2) is 26.6 Å². The molecule has 3 aromatic rings. The summed E-state index contributed by atoms with van der Waals surface area (Å²) in [4.78, 5) is 14.1. The highest BCUT2D eigenvalue weighted by Crippen LogP contribution is 2.37. The standard InChI is InChI=1S/C23H22N2O3S2/c1-16-13-18-14-17(23(26)24-19-7-6-8-20(15-19)29-2)11-12-22(18)25(16)30(27,28)21-9-4-3-5-10-21/h3-12,14-16H,13H2,1-2H3,(H,24,26)/t16-/m1/s1. The van der Waals surface area contributed by atoms with Gasteiger partial charge in [0.05, 0.1) is 10.6 Å². The Balaban J connectivity index is 1.62. The Morgan fingerprint density at radius 3 is 2.53 bits per heavy atom. The van der Waals surface area contributed by atoms with Crippen molar-refractivity contribution < 1.29 is 13.2 Å². The molecule has 30 heavy (non-hydrogen) atoms. The minimum absolute atomic E-state index is 0.215. The summed E-state index contributed by atoms with van der Waals surface area (Å²) in [5.74, 6) is -0.215. The third kappa shape index (κ3) is 3.82. The molecule has 0 radical (unpaired) electrons. The third-order valence-electron chi connectivity index (χ3n) is 5.12. The summed E-state index contributed by atoms with van der Waals surface area (Å²) in [6, 6.07) is 21.1. The zero-order valence-electron chi connectivity index (χ0n) is 16.7. The summed E-state index contributed by atoms with van der Waals surface area (Å²) in [7, 11) is -3.66. The van der Waals surface area contributed by atoms with Gasteiger partial charge in [-0.2, -0.15) is 0 Å². The van der Waals surface area contributed by atoms with Crippen molar-refractivity contribution >= 4 is 39.1 Å². The van der Waals surface area contributed by atoms with Crippen molar-refractivity contribution in [2.75, 3.05) is 15.9 Å². The van der Waals surface area contributed by atoms with Gasteiger partial charge in [-0.25, -0.2) is 8.42 Å². The molecule has 1 amide bonds. The van der Waals surface area contributed by atoms with Crippen molar-refractivity contribution in [1.82, 2.24) is 0 Å². The summed E-state index contributed by atoms with van der Waals surface area (Å²) in [6.07, 6.45) is 2.54. The number of rotatable bonds is 5. The maximum Gasteiger partial charge on any atom is 0.264 e. The molecule has 3 aromatic carbocycles. The van der Waals surface area contributed by atoms with E-state index >= 15 is 0 Å². The molecule has 1 N–H and O–H groups in total. The van der Waals surface area contributed by atoms with Crippen LogP contribution in [0.25, 0.3) is 0 Å². The first-order valence-electron chi connectivity index (χ1n) is 9.58. The quantitative estimate of drug-likeness (QED) is 0.581. The molecule has 0 fully saturated rings. The number of fused-ring (bicyclic) bond motifs is 1. The van der Waals surface area contributed by atoms with Crippen LogP contribution < -0.4 is 9.62 Å². The zero-order chi connectivity index (χ0) is 21.3. The number of carbonyl (C=O) groups is 1. The maximum atomic E-state index is 13.2. The minimum Gasteiger partial charge on any atom is -0.322 e. The Labute approximate surface area is 181 Å². The summed E-state index contributed by atoms with van der Waals surface area (Å²) in [5, 5.41) is 2.92. The van der Waals surface area contributed by atoms with Crippen molar-refractivity contribution in [3.05, 3.63) is 83.9 Å². The Morgan fingerprint density at radius 1 is 1.03 bits per heavy atom. The average Bonchev–Trinajstić information content (AvgIpc) is 3.10. The van der Waals surface area contributed by atoms with Gasteiger partial charge in [0.1, 0.15) is 0 Å². The smallest absolute Gasteiger partial charge is 0.264 e. The zero-order valence-corrected chi connectivity index (χ0v) is 18.3. The second-order valence-electron chi connectivity index (χ2n) is 7.20. The van der Waals surface area contributed by atoms with E-state index in [1.807, 2.05) is 37.4 Å². The number of thioether (sulfide) groups is 1. The molecule has 0 aromatic heterocycles. The van der Waals surface area contributed by atoms with E-state index in [0.29, 0.717) is 17.7 Å². The normalized spacial score (nSPS) is 15.7. The van der Waals surface area contributed by atoms with Crippen molar-refractivity contribution in [1.29, 1.82) is 0 Å². The van der Waals surface area contributed by atoms with Crippen molar-refractivity contribution in [3.8, 4) is 0 Å². The highest BCUT2D eigenvalue weighted by Gasteiger charge is 2.36. The fourth-order valence-electron chi connectivity index (χ4n) is 3.72. The Kier molecular flexibility index (Phi) is 5.58. The SMILES string of the molecule is CSc1cccc(NC(=O)c2ccc3c(c2)C[C@@H](C)N3S(=O)(=O)c2ccccc2)c1. The van der Waals surface area contributed by atoms with E-state index in [1.54, 1.807) is 60.3 Å². The van der Waals surface area contributed by atoms with Gasteiger partial charge in [-0.1, -0.05) is 24.3 Å². The predicted octanol–water partition coefficient (Wildman–Crippen LogP) is 4.80. The topological polar surface area (TPSA) is 66.5 Å². The van der Waals surface area contributed by atoms with Gasteiger partial charge < -0.3 is 5.32 Å². The lowest BCUT2D eigenvalue weighted by Crippen LogP contribution is -2.35. The van der Waals surface area contributed by atoms with Crippen molar-refractivity contribution in [3.63, 3.8) is 0 Å². The average molecular weight is 439 g/mol. The van der Waals surface area contributed by atoms with Crippen LogP contribution in [-0.2, 0) is 16.4 Å². The highest BCUT2D eigenvalue weighted by atomic mass is 32.2. The number of nitrogens with one attached hydrogen (secondary N) is 1. The molecule has 0 saturated carbocycles.